The Morgan fingerprint density at radius 3 is 2.64 bits per heavy atom. The van der Waals surface area contributed by atoms with Crippen LogP contribution >= 0.6 is 0 Å². The molecule has 1 heterocycles. The van der Waals surface area contributed by atoms with Gasteiger partial charge in [0.1, 0.15) is 18.2 Å². The first-order chi connectivity index (χ1) is 10.8. The molecule has 0 N–H and O–H groups in total. The molecule has 2 aromatic carbocycles. The van der Waals surface area contributed by atoms with Crippen molar-refractivity contribution in [3.05, 3.63) is 59.9 Å². The third-order valence-electron chi connectivity index (χ3n) is 4.23. The number of aryl methyl sites for hydroxylation is 1. The van der Waals surface area contributed by atoms with Crippen LogP contribution in [0.25, 0.3) is 11.0 Å². The summed E-state index contributed by atoms with van der Waals surface area (Å²) < 4.78 is 8.22. The lowest BCUT2D eigenvalue weighted by atomic mass is 10.2. The minimum Gasteiger partial charge on any atom is -0.492 e. The standard InChI is InChI=1S/C19H20N2O/c1-14-6-10-16(11-7-14)22-13-12-21-18-5-3-2-4-17(18)20-19(21)15-8-9-15/h2-7,10-11,15H,8-9,12-13H2,1H3. The number of rotatable bonds is 5. The van der Waals surface area contributed by atoms with Gasteiger partial charge in [0.05, 0.1) is 17.6 Å². The largest absolute Gasteiger partial charge is 0.492 e. The van der Waals surface area contributed by atoms with E-state index in [0.29, 0.717) is 12.5 Å². The van der Waals surface area contributed by atoms with Crippen LogP contribution in [0.5, 0.6) is 5.75 Å². The molecule has 0 radical (unpaired) electrons. The summed E-state index contributed by atoms with van der Waals surface area (Å²) in [6, 6.07) is 16.6. The number of ether oxygens (including phenoxy) is 1. The lowest BCUT2D eigenvalue weighted by Crippen LogP contribution is -2.10. The van der Waals surface area contributed by atoms with Gasteiger partial charge in [-0.25, -0.2) is 4.98 Å². The van der Waals surface area contributed by atoms with E-state index in [1.807, 2.05) is 12.1 Å². The van der Waals surface area contributed by atoms with Gasteiger partial charge in [-0.1, -0.05) is 29.8 Å². The van der Waals surface area contributed by atoms with E-state index in [2.05, 4.69) is 47.9 Å². The maximum absolute atomic E-state index is 5.89. The zero-order chi connectivity index (χ0) is 14.9. The van der Waals surface area contributed by atoms with Crippen LogP contribution in [0.2, 0.25) is 0 Å². The van der Waals surface area contributed by atoms with Crippen LogP contribution < -0.4 is 4.74 Å². The molecule has 0 atom stereocenters. The molecule has 0 saturated heterocycles. The first kappa shape index (κ1) is 13.4. The predicted octanol–water partition coefficient (Wildman–Crippen LogP) is 4.30. The molecule has 0 bridgehead atoms. The highest BCUT2D eigenvalue weighted by molar-refractivity contribution is 5.76. The SMILES string of the molecule is Cc1ccc(OCCn2c(C3CC3)nc3ccccc32)cc1. The van der Waals surface area contributed by atoms with Gasteiger partial charge in [0.15, 0.2) is 0 Å². The van der Waals surface area contributed by atoms with Crippen LogP contribution in [0.3, 0.4) is 0 Å². The third kappa shape index (κ3) is 2.59. The van der Waals surface area contributed by atoms with Crippen LogP contribution in [0.1, 0.15) is 30.1 Å². The Hall–Kier alpha value is -2.29. The number of hydrogen-bond donors (Lipinski definition) is 0. The van der Waals surface area contributed by atoms with Crippen molar-refractivity contribution in [2.24, 2.45) is 0 Å². The average molecular weight is 292 g/mol. The summed E-state index contributed by atoms with van der Waals surface area (Å²) in [5.74, 6) is 2.81. The summed E-state index contributed by atoms with van der Waals surface area (Å²) in [6.07, 6.45) is 2.53. The second kappa shape index (κ2) is 5.48. The van der Waals surface area contributed by atoms with Crippen LogP contribution in [-0.2, 0) is 6.54 Å². The molecule has 112 valence electrons. The van der Waals surface area contributed by atoms with Crippen molar-refractivity contribution in [1.29, 1.82) is 0 Å². The van der Waals surface area contributed by atoms with Crippen molar-refractivity contribution < 1.29 is 4.74 Å². The van der Waals surface area contributed by atoms with Crippen molar-refractivity contribution in [3.63, 3.8) is 0 Å². The first-order valence-corrected chi connectivity index (χ1v) is 7.96. The van der Waals surface area contributed by atoms with E-state index in [1.165, 1.54) is 29.7 Å². The molecule has 1 fully saturated rings. The number of hydrogen-bond acceptors (Lipinski definition) is 2. The smallest absolute Gasteiger partial charge is 0.119 e. The maximum atomic E-state index is 5.89. The lowest BCUT2D eigenvalue weighted by molar-refractivity contribution is 0.298. The van der Waals surface area contributed by atoms with E-state index < -0.39 is 0 Å². The number of aromatic nitrogens is 2. The Labute approximate surface area is 130 Å². The Bertz CT molecular complexity index is 785. The van der Waals surface area contributed by atoms with Crippen molar-refractivity contribution >= 4 is 11.0 Å². The number of fused-ring (bicyclic) bond motifs is 1. The first-order valence-electron chi connectivity index (χ1n) is 7.96. The minimum atomic E-state index is 0.645. The van der Waals surface area contributed by atoms with Gasteiger partial charge < -0.3 is 9.30 Å². The zero-order valence-electron chi connectivity index (χ0n) is 12.8. The Morgan fingerprint density at radius 1 is 1.09 bits per heavy atom. The van der Waals surface area contributed by atoms with Gasteiger partial charge in [0.25, 0.3) is 0 Å². The molecule has 3 heteroatoms. The normalized spacial score (nSPS) is 14.4. The van der Waals surface area contributed by atoms with Crippen molar-refractivity contribution in [1.82, 2.24) is 9.55 Å². The fraction of sp³-hybridized carbons (Fsp3) is 0.316. The summed E-state index contributed by atoms with van der Waals surface area (Å²) in [5.41, 5.74) is 3.57. The summed E-state index contributed by atoms with van der Waals surface area (Å²) in [4.78, 5) is 4.82. The topological polar surface area (TPSA) is 27.1 Å². The van der Waals surface area contributed by atoms with E-state index >= 15 is 0 Å². The van der Waals surface area contributed by atoms with Gasteiger partial charge >= 0.3 is 0 Å². The number of benzene rings is 2. The number of para-hydroxylation sites is 2. The summed E-state index contributed by atoms with van der Waals surface area (Å²) in [7, 11) is 0. The highest BCUT2D eigenvalue weighted by Gasteiger charge is 2.29. The van der Waals surface area contributed by atoms with Gasteiger partial charge in [-0.15, -0.1) is 0 Å². The van der Waals surface area contributed by atoms with E-state index in [9.17, 15) is 0 Å². The summed E-state index contributed by atoms with van der Waals surface area (Å²) in [6.45, 7) is 3.60. The number of nitrogens with zero attached hydrogens (tertiary/aromatic N) is 2. The monoisotopic (exact) mass is 292 g/mol. The molecule has 4 rings (SSSR count). The maximum Gasteiger partial charge on any atom is 0.119 e. The van der Waals surface area contributed by atoms with Crippen molar-refractivity contribution in [2.75, 3.05) is 6.61 Å². The molecule has 22 heavy (non-hydrogen) atoms. The van der Waals surface area contributed by atoms with Crippen LogP contribution in [0, 0.1) is 6.92 Å². The molecular formula is C19H20N2O. The van der Waals surface area contributed by atoms with Gasteiger partial charge in [-0.3, -0.25) is 0 Å². The molecule has 3 nitrogen and oxygen atoms in total. The summed E-state index contributed by atoms with van der Waals surface area (Å²) >= 11 is 0. The fourth-order valence-electron chi connectivity index (χ4n) is 2.87. The van der Waals surface area contributed by atoms with E-state index in [4.69, 9.17) is 9.72 Å². The molecule has 1 aliphatic rings. The minimum absolute atomic E-state index is 0.645. The van der Waals surface area contributed by atoms with Crippen LogP contribution in [-0.4, -0.2) is 16.2 Å². The molecule has 0 spiro atoms. The third-order valence-corrected chi connectivity index (χ3v) is 4.23. The Balaban J connectivity index is 1.53. The van der Waals surface area contributed by atoms with E-state index in [0.717, 1.165) is 17.8 Å². The second-order valence-corrected chi connectivity index (χ2v) is 6.05. The van der Waals surface area contributed by atoms with Gasteiger partial charge in [-0.05, 0) is 44.0 Å². The molecule has 1 aromatic heterocycles. The average Bonchev–Trinajstić information content (AvgIpc) is 3.32. The van der Waals surface area contributed by atoms with E-state index in [-0.39, 0.29) is 0 Å². The highest BCUT2D eigenvalue weighted by atomic mass is 16.5. The van der Waals surface area contributed by atoms with Crippen molar-refractivity contribution in [3.8, 4) is 5.75 Å². The quantitative estimate of drug-likeness (QED) is 0.701. The zero-order valence-corrected chi connectivity index (χ0v) is 12.8. The number of imidazole rings is 1. The Morgan fingerprint density at radius 2 is 1.86 bits per heavy atom. The van der Waals surface area contributed by atoms with Gasteiger partial charge in [0.2, 0.25) is 0 Å². The highest BCUT2D eigenvalue weighted by Crippen LogP contribution is 2.40. The molecular weight excluding hydrogens is 272 g/mol. The fourth-order valence-corrected chi connectivity index (χ4v) is 2.87. The molecule has 0 unspecified atom stereocenters. The van der Waals surface area contributed by atoms with Crippen LogP contribution in [0.4, 0.5) is 0 Å². The second-order valence-electron chi connectivity index (χ2n) is 6.05. The van der Waals surface area contributed by atoms with E-state index in [1.54, 1.807) is 0 Å². The molecule has 0 aliphatic heterocycles. The lowest BCUT2D eigenvalue weighted by Gasteiger charge is -2.10. The van der Waals surface area contributed by atoms with Gasteiger partial charge in [0, 0.05) is 5.92 Å². The molecule has 3 aromatic rings. The van der Waals surface area contributed by atoms with Crippen LogP contribution in [0.15, 0.2) is 48.5 Å². The van der Waals surface area contributed by atoms with Crippen molar-refractivity contribution in [2.45, 2.75) is 32.2 Å². The van der Waals surface area contributed by atoms with Gasteiger partial charge in [-0.2, -0.15) is 0 Å². The predicted molar refractivity (Wildman–Crippen MR) is 88.4 cm³/mol. The summed E-state index contributed by atoms with van der Waals surface area (Å²) in [5, 5.41) is 0. The molecule has 1 aliphatic carbocycles. The Kier molecular flexibility index (Phi) is 3.34. The molecule has 0 amide bonds. The molecule has 1 saturated carbocycles.